The number of hydrogen-bond donors (Lipinski definition) is 0. The lowest BCUT2D eigenvalue weighted by atomic mass is 10.2. The lowest BCUT2D eigenvalue weighted by molar-refractivity contribution is -0.874. The third-order valence-corrected chi connectivity index (χ3v) is 1.93. The number of quaternary nitrogens is 1. The minimum absolute atomic E-state index is 0. The van der Waals surface area contributed by atoms with Crippen molar-refractivity contribution in [1.29, 1.82) is 0 Å². The molecule has 0 aromatic rings. The largest absolute Gasteiger partial charge is 1.00 e. The second-order valence-corrected chi connectivity index (χ2v) is 4.46. The highest BCUT2D eigenvalue weighted by atomic mass is 127. The van der Waals surface area contributed by atoms with Crippen molar-refractivity contribution in [3.8, 4) is 0 Å². The normalized spacial score (nSPS) is 29.5. The zero-order chi connectivity index (χ0) is 9.19. The van der Waals surface area contributed by atoms with Gasteiger partial charge in [-0.3, -0.25) is 0 Å². The standard InChI is InChI=1S/C9H20NO2.HI/c1-8-11-6-5-9(12-8)7-10(2,3)4;/h8-9H,5-7H2,1-4H3;1H/q+1;/p-1/t8-,9-;/m0./s1. The first-order valence-corrected chi connectivity index (χ1v) is 4.55. The Morgan fingerprint density at radius 1 is 1.31 bits per heavy atom. The fourth-order valence-corrected chi connectivity index (χ4v) is 1.49. The van der Waals surface area contributed by atoms with Crippen LogP contribution >= 0.6 is 0 Å². The number of halogens is 1. The topological polar surface area (TPSA) is 18.5 Å². The molecule has 1 aliphatic rings. The van der Waals surface area contributed by atoms with E-state index in [4.69, 9.17) is 9.47 Å². The van der Waals surface area contributed by atoms with Crippen LogP contribution in [0.2, 0.25) is 0 Å². The van der Waals surface area contributed by atoms with Crippen LogP contribution in [-0.2, 0) is 9.47 Å². The molecule has 80 valence electrons. The molecule has 0 unspecified atom stereocenters. The molecule has 0 aliphatic carbocycles. The maximum Gasteiger partial charge on any atom is 0.155 e. The van der Waals surface area contributed by atoms with Crippen LogP contribution < -0.4 is 24.0 Å². The number of rotatable bonds is 2. The van der Waals surface area contributed by atoms with E-state index < -0.39 is 0 Å². The Bertz CT molecular complexity index is 147. The van der Waals surface area contributed by atoms with Gasteiger partial charge in [-0.15, -0.1) is 0 Å². The van der Waals surface area contributed by atoms with Crippen molar-refractivity contribution in [2.45, 2.75) is 25.7 Å². The summed E-state index contributed by atoms with van der Waals surface area (Å²) in [5, 5.41) is 0. The van der Waals surface area contributed by atoms with Gasteiger partial charge in [0.1, 0.15) is 12.6 Å². The maximum absolute atomic E-state index is 5.62. The van der Waals surface area contributed by atoms with Crippen LogP contribution in [0.4, 0.5) is 0 Å². The van der Waals surface area contributed by atoms with Gasteiger partial charge in [0.2, 0.25) is 0 Å². The number of ether oxygens (including phenoxy) is 2. The Kier molecular flexibility index (Phi) is 5.74. The number of likely N-dealkylation sites (N-methyl/N-ethyl adjacent to an activating group) is 1. The lowest BCUT2D eigenvalue weighted by Gasteiger charge is -2.33. The summed E-state index contributed by atoms with van der Waals surface area (Å²) in [6.07, 6.45) is 1.38. The van der Waals surface area contributed by atoms with Gasteiger partial charge in [-0.05, 0) is 6.92 Å². The molecular formula is C9H20INO2. The predicted octanol–water partition coefficient (Wildman–Crippen LogP) is -2.15. The average molecular weight is 301 g/mol. The highest BCUT2D eigenvalue weighted by molar-refractivity contribution is 4.61. The van der Waals surface area contributed by atoms with E-state index in [1.54, 1.807) is 0 Å². The van der Waals surface area contributed by atoms with Gasteiger partial charge in [-0.1, -0.05) is 0 Å². The van der Waals surface area contributed by atoms with Crippen molar-refractivity contribution in [3.63, 3.8) is 0 Å². The van der Waals surface area contributed by atoms with Crippen LogP contribution in [0.15, 0.2) is 0 Å². The van der Waals surface area contributed by atoms with E-state index in [1.165, 1.54) is 0 Å². The van der Waals surface area contributed by atoms with E-state index in [2.05, 4.69) is 21.1 Å². The van der Waals surface area contributed by atoms with Crippen LogP contribution in [0.3, 0.4) is 0 Å². The first-order valence-electron chi connectivity index (χ1n) is 4.55. The van der Waals surface area contributed by atoms with Gasteiger partial charge in [-0.25, -0.2) is 0 Å². The monoisotopic (exact) mass is 301 g/mol. The Morgan fingerprint density at radius 3 is 2.38 bits per heavy atom. The molecule has 3 nitrogen and oxygen atoms in total. The van der Waals surface area contributed by atoms with E-state index in [0.29, 0.717) is 6.10 Å². The van der Waals surface area contributed by atoms with Gasteiger partial charge in [0.15, 0.2) is 6.29 Å². The fourth-order valence-electron chi connectivity index (χ4n) is 1.49. The summed E-state index contributed by atoms with van der Waals surface area (Å²) < 4.78 is 11.9. The van der Waals surface area contributed by atoms with Gasteiger partial charge in [0, 0.05) is 6.42 Å². The van der Waals surface area contributed by atoms with Crippen LogP contribution in [0.25, 0.3) is 0 Å². The van der Waals surface area contributed by atoms with Crippen molar-refractivity contribution in [1.82, 2.24) is 0 Å². The van der Waals surface area contributed by atoms with Crippen LogP contribution in [0.5, 0.6) is 0 Å². The molecule has 1 heterocycles. The molecule has 0 saturated carbocycles. The summed E-state index contributed by atoms with van der Waals surface area (Å²) in [4.78, 5) is 0. The summed E-state index contributed by atoms with van der Waals surface area (Å²) >= 11 is 0. The molecule has 4 heteroatoms. The van der Waals surface area contributed by atoms with Crippen LogP contribution in [0, 0.1) is 0 Å². The van der Waals surface area contributed by atoms with E-state index in [0.717, 1.165) is 24.1 Å². The molecule has 0 aromatic carbocycles. The first-order chi connectivity index (χ1) is 5.47. The Morgan fingerprint density at radius 2 is 1.92 bits per heavy atom. The van der Waals surface area contributed by atoms with Crippen molar-refractivity contribution < 1.29 is 37.9 Å². The molecule has 1 rings (SSSR count). The molecule has 0 radical (unpaired) electrons. The minimum atomic E-state index is -0.0182. The quantitative estimate of drug-likeness (QED) is 0.428. The van der Waals surface area contributed by atoms with Gasteiger partial charge in [-0.2, -0.15) is 0 Å². The van der Waals surface area contributed by atoms with Crippen molar-refractivity contribution in [2.24, 2.45) is 0 Å². The minimum Gasteiger partial charge on any atom is -1.00 e. The molecule has 1 aliphatic heterocycles. The van der Waals surface area contributed by atoms with E-state index >= 15 is 0 Å². The van der Waals surface area contributed by atoms with Gasteiger partial charge in [0.05, 0.1) is 27.7 Å². The SMILES string of the molecule is C[C@H]1OCC[C@@H](C[N+](C)(C)C)O1.[I-]. The molecule has 0 spiro atoms. The third-order valence-electron chi connectivity index (χ3n) is 1.93. The van der Waals surface area contributed by atoms with E-state index in [-0.39, 0.29) is 30.3 Å². The molecule has 1 saturated heterocycles. The molecule has 2 atom stereocenters. The van der Waals surface area contributed by atoms with Gasteiger partial charge < -0.3 is 37.9 Å². The number of nitrogens with zero attached hydrogens (tertiary/aromatic N) is 1. The van der Waals surface area contributed by atoms with Crippen molar-refractivity contribution >= 4 is 0 Å². The third kappa shape index (κ3) is 5.83. The molecule has 0 bridgehead atoms. The Balaban J connectivity index is 0.00000144. The molecular weight excluding hydrogens is 281 g/mol. The lowest BCUT2D eigenvalue weighted by Crippen LogP contribution is -3.00. The van der Waals surface area contributed by atoms with Crippen LogP contribution in [0.1, 0.15) is 13.3 Å². The first kappa shape index (κ1) is 13.6. The summed E-state index contributed by atoms with van der Waals surface area (Å²) in [5.74, 6) is 0. The van der Waals surface area contributed by atoms with E-state index in [1.807, 2.05) is 6.92 Å². The zero-order valence-corrected chi connectivity index (χ0v) is 11.1. The average Bonchev–Trinajstić information content (AvgIpc) is 1.82. The summed E-state index contributed by atoms with van der Waals surface area (Å²) in [6.45, 7) is 3.86. The van der Waals surface area contributed by atoms with Gasteiger partial charge in [0.25, 0.3) is 0 Å². The second kappa shape index (κ2) is 5.48. The van der Waals surface area contributed by atoms with Gasteiger partial charge >= 0.3 is 0 Å². The predicted molar refractivity (Wildman–Crippen MR) is 47.8 cm³/mol. The molecule has 0 amide bonds. The molecule has 13 heavy (non-hydrogen) atoms. The summed E-state index contributed by atoms with van der Waals surface area (Å²) in [5.41, 5.74) is 0. The highest BCUT2D eigenvalue weighted by Crippen LogP contribution is 2.13. The smallest absolute Gasteiger partial charge is 0.155 e. The Labute approximate surface area is 98.0 Å². The maximum atomic E-state index is 5.62. The number of hydrogen-bond acceptors (Lipinski definition) is 2. The molecule has 0 N–H and O–H groups in total. The summed E-state index contributed by atoms with van der Waals surface area (Å²) in [6, 6.07) is 0. The molecule has 1 fully saturated rings. The fraction of sp³-hybridized carbons (Fsp3) is 1.00. The molecule has 0 aromatic heterocycles. The van der Waals surface area contributed by atoms with Crippen LogP contribution in [-0.4, -0.2) is 51.2 Å². The zero-order valence-electron chi connectivity index (χ0n) is 8.92. The van der Waals surface area contributed by atoms with E-state index in [9.17, 15) is 0 Å². The second-order valence-electron chi connectivity index (χ2n) is 4.46. The van der Waals surface area contributed by atoms with Crippen molar-refractivity contribution in [3.05, 3.63) is 0 Å². The highest BCUT2D eigenvalue weighted by Gasteiger charge is 2.24. The summed E-state index contributed by atoms with van der Waals surface area (Å²) in [7, 11) is 6.55. The van der Waals surface area contributed by atoms with Crippen molar-refractivity contribution in [2.75, 3.05) is 34.3 Å². The Hall–Kier alpha value is 0.610.